The summed E-state index contributed by atoms with van der Waals surface area (Å²) < 4.78 is 75.5. The molecular formula is C20H22F6N6O. The Bertz CT molecular complexity index is 1070. The zero-order valence-corrected chi connectivity index (χ0v) is 17.8. The van der Waals surface area contributed by atoms with Crippen LogP contribution >= 0.6 is 0 Å². The van der Waals surface area contributed by atoms with Gasteiger partial charge in [0.2, 0.25) is 0 Å². The summed E-state index contributed by atoms with van der Waals surface area (Å²) in [5, 5.41) is 4.47. The first-order valence-corrected chi connectivity index (χ1v) is 9.66. The predicted molar refractivity (Wildman–Crippen MR) is 109 cm³/mol. The molecule has 3 rings (SSSR count). The number of allylic oxidation sites excluding steroid dienone is 1. The van der Waals surface area contributed by atoms with Crippen molar-refractivity contribution in [1.82, 2.24) is 14.8 Å². The highest BCUT2D eigenvalue weighted by Crippen LogP contribution is 2.32. The first kappa shape index (κ1) is 25.9. The van der Waals surface area contributed by atoms with Crippen LogP contribution in [0.15, 0.2) is 35.1 Å². The molecule has 2 aromatic rings. The molecular weight excluding hydrogens is 454 g/mol. The van der Waals surface area contributed by atoms with Gasteiger partial charge in [0.25, 0.3) is 5.91 Å². The molecule has 13 heteroatoms. The Morgan fingerprint density at radius 1 is 1.18 bits per heavy atom. The number of hydrogen-bond acceptors (Lipinski definition) is 5. The molecule has 0 aromatic carbocycles. The van der Waals surface area contributed by atoms with Gasteiger partial charge in [-0.25, -0.2) is 0 Å². The highest BCUT2D eigenvalue weighted by molar-refractivity contribution is 6.42. The predicted octanol–water partition coefficient (Wildman–Crippen LogP) is 3.56. The molecule has 33 heavy (non-hydrogen) atoms. The fourth-order valence-electron chi connectivity index (χ4n) is 3.12. The minimum absolute atomic E-state index is 0.391. The summed E-state index contributed by atoms with van der Waals surface area (Å²) in [6.45, 7) is 2.76. The molecule has 0 bridgehead atoms. The molecule has 0 radical (unpaired) electrons. The summed E-state index contributed by atoms with van der Waals surface area (Å²) in [6.07, 6.45) is -4.41. The van der Waals surface area contributed by atoms with Gasteiger partial charge in [0.05, 0.1) is 5.69 Å². The van der Waals surface area contributed by atoms with Gasteiger partial charge in [0, 0.05) is 31.0 Å². The van der Waals surface area contributed by atoms with Crippen LogP contribution in [0.25, 0.3) is 11.3 Å². The van der Waals surface area contributed by atoms with E-state index in [1.54, 1.807) is 6.07 Å². The van der Waals surface area contributed by atoms with Crippen LogP contribution in [0.4, 0.5) is 26.3 Å². The molecule has 1 amide bonds. The molecule has 0 spiro atoms. The lowest BCUT2D eigenvalue weighted by Crippen LogP contribution is -2.26. The summed E-state index contributed by atoms with van der Waals surface area (Å²) >= 11 is 0. The fraction of sp³-hybridized carbons (Fsp3) is 0.400. The van der Waals surface area contributed by atoms with E-state index in [1.807, 2.05) is 11.6 Å². The molecule has 0 atom stereocenters. The Balaban J connectivity index is 0.000000260. The number of halogens is 6. The lowest BCUT2D eigenvalue weighted by Gasteiger charge is -2.13. The van der Waals surface area contributed by atoms with Gasteiger partial charge in [-0.3, -0.25) is 19.5 Å². The Labute approximate surface area is 185 Å². The van der Waals surface area contributed by atoms with Gasteiger partial charge in [-0.1, -0.05) is 0 Å². The smallest absolute Gasteiger partial charge is 0.395 e. The van der Waals surface area contributed by atoms with Crippen LogP contribution < -0.4 is 11.5 Å². The Morgan fingerprint density at radius 2 is 1.85 bits per heavy atom. The number of aryl methyl sites for hydroxylation is 1. The number of primary amides is 1. The van der Waals surface area contributed by atoms with Crippen molar-refractivity contribution in [3.8, 4) is 11.3 Å². The van der Waals surface area contributed by atoms with E-state index in [0.29, 0.717) is 17.3 Å². The van der Waals surface area contributed by atoms with Crippen LogP contribution in [0.5, 0.6) is 0 Å². The van der Waals surface area contributed by atoms with Gasteiger partial charge in [-0.05, 0) is 50.0 Å². The number of aromatic nitrogens is 3. The minimum atomic E-state index is -4.68. The van der Waals surface area contributed by atoms with Crippen LogP contribution in [0.2, 0.25) is 0 Å². The molecule has 4 N–H and O–H groups in total. The lowest BCUT2D eigenvalue weighted by atomic mass is 10.0. The van der Waals surface area contributed by atoms with E-state index in [0.717, 1.165) is 50.2 Å². The number of aliphatic imine (C=N–C) groups is 1. The summed E-state index contributed by atoms with van der Waals surface area (Å²) in [7, 11) is 1.14. The number of nitrogens with zero attached hydrogens (tertiary/aromatic N) is 4. The molecule has 0 aliphatic carbocycles. The van der Waals surface area contributed by atoms with E-state index in [1.165, 1.54) is 6.20 Å². The molecule has 0 unspecified atom stereocenters. The van der Waals surface area contributed by atoms with Crippen LogP contribution in [0.1, 0.15) is 29.8 Å². The number of alkyl halides is 6. The van der Waals surface area contributed by atoms with E-state index >= 15 is 0 Å². The SMILES string of the molecule is CN=C(/C=C(\N)C(F)(F)F)C(N)=O.Cc1c(-c2ccnc(C(F)(F)F)c2)nn2c1CCCC2. The molecule has 0 saturated heterocycles. The maximum Gasteiger partial charge on any atom is 0.433 e. The van der Waals surface area contributed by atoms with Crippen molar-refractivity contribution in [2.75, 3.05) is 7.05 Å². The number of pyridine rings is 1. The van der Waals surface area contributed by atoms with Gasteiger partial charge in [-0.15, -0.1) is 0 Å². The second kappa shape index (κ2) is 10.0. The van der Waals surface area contributed by atoms with Gasteiger partial charge in [-0.2, -0.15) is 31.4 Å². The Kier molecular flexibility index (Phi) is 7.88. The standard InChI is InChI=1S/C14H14F3N3.C6H8F3N3O/c1-9-11-4-2-3-7-20(11)19-13(9)10-5-6-18-12(8-10)14(15,16)17;1-12-3(5(11)13)2-4(10)6(7,8)9/h5-6,8H,2-4,7H2,1H3;2H,10H2,1H3,(H2,11,13)/b;4-2-,12-3?. The third-order valence-corrected chi connectivity index (χ3v) is 4.79. The number of fused-ring (bicyclic) bond motifs is 1. The average molecular weight is 476 g/mol. The van der Waals surface area contributed by atoms with Crippen molar-refractivity contribution in [3.05, 3.63) is 47.1 Å². The van der Waals surface area contributed by atoms with Gasteiger partial charge in [0.1, 0.15) is 17.1 Å². The topological polar surface area (TPSA) is 112 Å². The highest BCUT2D eigenvalue weighted by atomic mass is 19.4. The van der Waals surface area contributed by atoms with Crippen molar-refractivity contribution in [3.63, 3.8) is 0 Å². The van der Waals surface area contributed by atoms with Crippen LogP contribution in [0, 0.1) is 6.92 Å². The normalized spacial score (nSPS) is 14.9. The number of nitrogens with two attached hydrogens (primary N) is 2. The van der Waals surface area contributed by atoms with Crippen molar-refractivity contribution in [2.45, 2.75) is 45.1 Å². The second-order valence-electron chi connectivity index (χ2n) is 7.10. The molecule has 1 aliphatic rings. The average Bonchev–Trinajstić information content (AvgIpc) is 3.07. The Morgan fingerprint density at radius 3 is 2.36 bits per heavy atom. The molecule has 0 fully saturated rings. The maximum atomic E-state index is 12.7. The van der Waals surface area contributed by atoms with Crippen LogP contribution in [-0.4, -0.2) is 39.6 Å². The number of hydrogen-bond donors (Lipinski definition) is 2. The minimum Gasteiger partial charge on any atom is -0.395 e. The number of rotatable bonds is 3. The second-order valence-corrected chi connectivity index (χ2v) is 7.10. The van der Waals surface area contributed by atoms with Gasteiger partial charge < -0.3 is 11.5 Å². The molecule has 3 heterocycles. The summed E-state index contributed by atoms with van der Waals surface area (Å²) in [5.41, 5.74) is 9.73. The maximum absolute atomic E-state index is 12.7. The van der Waals surface area contributed by atoms with Crippen molar-refractivity contribution in [2.24, 2.45) is 16.5 Å². The van der Waals surface area contributed by atoms with Crippen LogP contribution in [-0.2, 0) is 23.9 Å². The fourth-order valence-corrected chi connectivity index (χ4v) is 3.12. The van der Waals surface area contributed by atoms with Crippen molar-refractivity contribution in [1.29, 1.82) is 0 Å². The number of carbonyl (C=O) groups is 1. The van der Waals surface area contributed by atoms with Crippen LogP contribution in [0.3, 0.4) is 0 Å². The number of carbonyl (C=O) groups excluding carboxylic acids is 1. The van der Waals surface area contributed by atoms with E-state index in [2.05, 4.69) is 20.8 Å². The molecule has 7 nitrogen and oxygen atoms in total. The van der Waals surface area contributed by atoms with Crippen molar-refractivity contribution < 1.29 is 31.1 Å². The molecule has 2 aromatic heterocycles. The third kappa shape index (κ3) is 6.56. The molecule has 180 valence electrons. The number of amides is 1. The third-order valence-electron chi connectivity index (χ3n) is 4.79. The van der Waals surface area contributed by atoms with E-state index in [-0.39, 0.29) is 0 Å². The highest BCUT2D eigenvalue weighted by Gasteiger charge is 2.33. The first-order valence-electron chi connectivity index (χ1n) is 9.66. The lowest BCUT2D eigenvalue weighted by molar-refractivity contribution is -0.141. The van der Waals surface area contributed by atoms with E-state index < -0.39 is 35.4 Å². The monoisotopic (exact) mass is 476 g/mol. The van der Waals surface area contributed by atoms with E-state index in [4.69, 9.17) is 5.73 Å². The molecule has 1 aliphatic heterocycles. The van der Waals surface area contributed by atoms with Gasteiger partial charge >= 0.3 is 12.4 Å². The summed E-state index contributed by atoms with van der Waals surface area (Å²) in [4.78, 5) is 17.0. The van der Waals surface area contributed by atoms with Crippen molar-refractivity contribution >= 4 is 11.6 Å². The zero-order chi connectivity index (χ0) is 25.0. The first-order chi connectivity index (χ1) is 15.3. The molecule has 0 saturated carbocycles. The zero-order valence-electron chi connectivity index (χ0n) is 17.8. The summed E-state index contributed by atoms with van der Waals surface area (Å²) in [5.74, 6) is -1.06. The quantitative estimate of drug-likeness (QED) is 0.521. The Hall–Kier alpha value is -3.38. The summed E-state index contributed by atoms with van der Waals surface area (Å²) in [6, 6.07) is 2.65. The van der Waals surface area contributed by atoms with E-state index in [9.17, 15) is 31.1 Å². The van der Waals surface area contributed by atoms with Gasteiger partial charge in [0.15, 0.2) is 0 Å². The largest absolute Gasteiger partial charge is 0.433 e.